The summed E-state index contributed by atoms with van der Waals surface area (Å²) in [6, 6.07) is 2.91. The zero-order chi connectivity index (χ0) is 10.8. The van der Waals surface area contributed by atoms with Gasteiger partial charge in [0.15, 0.2) is 0 Å². The van der Waals surface area contributed by atoms with Gasteiger partial charge in [-0.25, -0.2) is 0 Å². The van der Waals surface area contributed by atoms with Crippen LogP contribution in [-0.2, 0) is 6.42 Å². The molecule has 0 aliphatic carbocycles. The third kappa shape index (κ3) is 2.45. The van der Waals surface area contributed by atoms with Gasteiger partial charge in [0.2, 0.25) is 0 Å². The summed E-state index contributed by atoms with van der Waals surface area (Å²) >= 11 is 5.48. The van der Waals surface area contributed by atoms with E-state index in [1.54, 1.807) is 10.4 Å². The second kappa shape index (κ2) is 4.98. The Hall–Kier alpha value is 0.140. The van der Waals surface area contributed by atoms with Gasteiger partial charge in [0, 0.05) is 29.3 Å². The maximum atomic E-state index is 3.56. The number of halogens is 1. The maximum absolute atomic E-state index is 3.56. The molecule has 84 valence electrons. The van der Waals surface area contributed by atoms with Crippen LogP contribution in [0.5, 0.6) is 0 Å². The zero-order valence-electron chi connectivity index (χ0n) is 9.37. The molecule has 1 nitrogen and oxygen atoms in total. The van der Waals surface area contributed by atoms with Crippen LogP contribution in [0, 0.1) is 5.92 Å². The highest BCUT2D eigenvalue weighted by atomic mass is 79.9. The van der Waals surface area contributed by atoms with Gasteiger partial charge in [-0.15, -0.1) is 11.3 Å². The Labute approximate surface area is 105 Å². The molecule has 2 atom stereocenters. The van der Waals surface area contributed by atoms with Crippen molar-refractivity contribution < 1.29 is 0 Å². The molecule has 0 bridgehead atoms. The van der Waals surface area contributed by atoms with Crippen molar-refractivity contribution in [3.05, 3.63) is 21.9 Å². The van der Waals surface area contributed by atoms with Gasteiger partial charge in [0.25, 0.3) is 0 Å². The molecular weight excluding hydrogens is 270 g/mol. The summed E-state index contributed by atoms with van der Waals surface area (Å²) in [6.45, 7) is 7.09. The van der Waals surface area contributed by atoms with Crippen molar-refractivity contribution in [1.82, 2.24) is 4.90 Å². The van der Waals surface area contributed by atoms with Crippen LogP contribution >= 0.6 is 27.3 Å². The van der Waals surface area contributed by atoms with Gasteiger partial charge in [-0.1, -0.05) is 22.9 Å². The van der Waals surface area contributed by atoms with E-state index in [-0.39, 0.29) is 0 Å². The monoisotopic (exact) mass is 287 g/mol. The van der Waals surface area contributed by atoms with Crippen molar-refractivity contribution in [3.63, 3.8) is 0 Å². The number of rotatable bonds is 3. The summed E-state index contributed by atoms with van der Waals surface area (Å²) in [6.07, 6.45) is 1.24. The van der Waals surface area contributed by atoms with Crippen LogP contribution in [0.3, 0.4) is 0 Å². The Morgan fingerprint density at radius 3 is 3.20 bits per heavy atom. The van der Waals surface area contributed by atoms with Crippen LogP contribution in [-0.4, -0.2) is 23.3 Å². The Kier molecular flexibility index (Phi) is 3.86. The minimum absolute atomic E-state index is 0.612. The summed E-state index contributed by atoms with van der Waals surface area (Å²) in [4.78, 5) is 4.21. The van der Waals surface area contributed by atoms with Gasteiger partial charge in [-0.05, 0) is 36.3 Å². The Morgan fingerprint density at radius 2 is 2.47 bits per heavy atom. The van der Waals surface area contributed by atoms with Gasteiger partial charge < -0.3 is 0 Å². The van der Waals surface area contributed by atoms with Crippen LogP contribution in [0.4, 0.5) is 0 Å². The minimum Gasteiger partial charge on any atom is -0.296 e. The highest BCUT2D eigenvalue weighted by molar-refractivity contribution is 9.09. The van der Waals surface area contributed by atoms with E-state index in [9.17, 15) is 0 Å². The van der Waals surface area contributed by atoms with Crippen molar-refractivity contribution in [1.29, 1.82) is 0 Å². The van der Waals surface area contributed by atoms with E-state index in [2.05, 4.69) is 46.1 Å². The predicted molar refractivity (Wildman–Crippen MR) is 71.0 cm³/mol. The van der Waals surface area contributed by atoms with Crippen LogP contribution in [0.1, 0.15) is 30.3 Å². The van der Waals surface area contributed by atoms with Gasteiger partial charge >= 0.3 is 0 Å². The molecule has 0 aromatic carbocycles. The summed E-state index contributed by atoms with van der Waals surface area (Å²) < 4.78 is 0. The average molecular weight is 288 g/mol. The molecule has 3 heteroatoms. The molecular formula is C12H18BrNS. The van der Waals surface area contributed by atoms with E-state index in [0.717, 1.165) is 11.2 Å². The lowest BCUT2D eigenvalue weighted by molar-refractivity contribution is 0.180. The SMILES string of the molecule is CC(CBr)CN1CCc2sccc2C1C. The van der Waals surface area contributed by atoms with Crippen LogP contribution in [0.15, 0.2) is 11.4 Å². The molecule has 0 N–H and O–H groups in total. The first-order valence-electron chi connectivity index (χ1n) is 5.58. The van der Waals surface area contributed by atoms with E-state index in [4.69, 9.17) is 0 Å². The Bertz CT molecular complexity index is 323. The predicted octanol–water partition coefficient (Wildman–Crippen LogP) is 3.70. The largest absolute Gasteiger partial charge is 0.296 e. The van der Waals surface area contributed by atoms with Crippen molar-refractivity contribution in [2.45, 2.75) is 26.3 Å². The van der Waals surface area contributed by atoms with Gasteiger partial charge in [-0.3, -0.25) is 4.90 Å². The second-order valence-corrected chi connectivity index (χ2v) is 6.13. The lowest BCUT2D eigenvalue weighted by Crippen LogP contribution is -2.36. The molecule has 0 radical (unpaired) electrons. The molecule has 2 heterocycles. The second-order valence-electron chi connectivity index (χ2n) is 4.48. The molecule has 1 aromatic rings. The smallest absolute Gasteiger partial charge is 0.0331 e. The number of nitrogens with zero attached hydrogens (tertiary/aromatic N) is 1. The van der Waals surface area contributed by atoms with Crippen LogP contribution in [0.2, 0.25) is 0 Å². The average Bonchev–Trinajstić information content (AvgIpc) is 2.70. The highest BCUT2D eigenvalue weighted by Gasteiger charge is 2.25. The summed E-state index contributed by atoms with van der Waals surface area (Å²) in [5, 5.41) is 3.34. The molecule has 0 fully saturated rings. The maximum Gasteiger partial charge on any atom is 0.0331 e. The molecule has 0 saturated heterocycles. The first-order valence-corrected chi connectivity index (χ1v) is 7.58. The van der Waals surface area contributed by atoms with E-state index in [1.165, 1.54) is 19.5 Å². The molecule has 1 aliphatic heterocycles. The number of hydrogen-bond donors (Lipinski definition) is 0. The molecule has 2 rings (SSSR count). The Morgan fingerprint density at radius 1 is 1.67 bits per heavy atom. The fourth-order valence-electron chi connectivity index (χ4n) is 2.26. The van der Waals surface area contributed by atoms with Crippen LogP contribution < -0.4 is 0 Å². The molecule has 1 aliphatic rings. The third-order valence-electron chi connectivity index (χ3n) is 3.21. The number of alkyl halides is 1. The van der Waals surface area contributed by atoms with E-state index in [1.807, 2.05) is 11.3 Å². The molecule has 0 spiro atoms. The van der Waals surface area contributed by atoms with Crippen molar-refractivity contribution in [2.75, 3.05) is 18.4 Å². The quantitative estimate of drug-likeness (QED) is 0.767. The molecule has 2 unspecified atom stereocenters. The lowest BCUT2D eigenvalue weighted by atomic mass is 10.0. The molecule has 1 aromatic heterocycles. The number of thiophene rings is 1. The molecule has 0 saturated carbocycles. The topological polar surface area (TPSA) is 3.24 Å². The molecule has 0 amide bonds. The fraction of sp³-hybridized carbons (Fsp3) is 0.667. The van der Waals surface area contributed by atoms with Crippen molar-refractivity contribution >= 4 is 27.3 Å². The fourth-order valence-corrected chi connectivity index (χ4v) is 3.43. The zero-order valence-corrected chi connectivity index (χ0v) is 11.8. The number of fused-ring (bicyclic) bond motifs is 1. The van der Waals surface area contributed by atoms with Crippen LogP contribution in [0.25, 0.3) is 0 Å². The lowest BCUT2D eigenvalue weighted by Gasteiger charge is -2.35. The van der Waals surface area contributed by atoms with E-state index < -0.39 is 0 Å². The van der Waals surface area contributed by atoms with E-state index in [0.29, 0.717) is 6.04 Å². The summed E-state index contributed by atoms with van der Waals surface area (Å²) in [5.41, 5.74) is 1.56. The number of hydrogen-bond acceptors (Lipinski definition) is 2. The first-order chi connectivity index (χ1) is 7.22. The minimum atomic E-state index is 0.612. The third-order valence-corrected chi connectivity index (χ3v) is 5.32. The summed E-state index contributed by atoms with van der Waals surface area (Å²) in [5.74, 6) is 0.743. The Balaban J connectivity index is 2.06. The van der Waals surface area contributed by atoms with Gasteiger partial charge in [-0.2, -0.15) is 0 Å². The van der Waals surface area contributed by atoms with Gasteiger partial charge in [0.05, 0.1) is 0 Å². The highest BCUT2D eigenvalue weighted by Crippen LogP contribution is 2.33. The van der Waals surface area contributed by atoms with Gasteiger partial charge in [0.1, 0.15) is 0 Å². The first kappa shape index (κ1) is 11.6. The summed E-state index contributed by atoms with van der Waals surface area (Å²) in [7, 11) is 0. The molecule has 15 heavy (non-hydrogen) atoms. The van der Waals surface area contributed by atoms with E-state index >= 15 is 0 Å². The standard InChI is InChI=1S/C12H18BrNS/c1-9(7-13)8-14-5-3-12-11(10(14)2)4-6-15-12/h4,6,9-10H,3,5,7-8H2,1-2H3. The van der Waals surface area contributed by atoms with Crippen molar-refractivity contribution in [3.8, 4) is 0 Å². The van der Waals surface area contributed by atoms with Crippen molar-refractivity contribution in [2.24, 2.45) is 5.92 Å². The normalized spacial score (nSPS) is 23.8.